The number of amides is 1. The summed E-state index contributed by atoms with van der Waals surface area (Å²) >= 11 is 0. The van der Waals surface area contributed by atoms with Crippen molar-refractivity contribution in [2.75, 3.05) is 13.2 Å². The van der Waals surface area contributed by atoms with Gasteiger partial charge in [-0.1, -0.05) is 12.1 Å². The van der Waals surface area contributed by atoms with Crippen LogP contribution in [0.3, 0.4) is 0 Å². The normalized spacial score (nSPS) is 11.1. The number of hydrogen-bond donors (Lipinski definition) is 1. The molecule has 18 heavy (non-hydrogen) atoms. The number of rotatable bonds is 4. The van der Waals surface area contributed by atoms with Crippen LogP contribution in [-0.2, 0) is 17.3 Å². The van der Waals surface area contributed by atoms with Gasteiger partial charge in [0.2, 0.25) is 0 Å². The lowest BCUT2D eigenvalue weighted by atomic mass is 10.1. The van der Waals surface area contributed by atoms with Crippen LogP contribution in [0, 0.1) is 0 Å². The topological polar surface area (TPSA) is 38.3 Å². The minimum Gasteiger partial charge on any atom is -0.450 e. The molecule has 0 atom stereocenters. The summed E-state index contributed by atoms with van der Waals surface area (Å²) in [6.45, 7) is 2.30. The predicted octanol–water partition coefficient (Wildman–Crippen LogP) is 2.99. The van der Waals surface area contributed by atoms with Crippen molar-refractivity contribution in [2.45, 2.75) is 19.5 Å². The number of alkyl halides is 3. The van der Waals surface area contributed by atoms with Crippen LogP contribution >= 0.6 is 0 Å². The van der Waals surface area contributed by atoms with Crippen molar-refractivity contribution in [3.05, 3.63) is 35.4 Å². The Hall–Kier alpha value is -1.72. The molecule has 0 aliphatic rings. The molecule has 0 fully saturated rings. The van der Waals surface area contributed by atoms with Crippen LogP contribution < -0.4 is 5.32 Å². The summed E-state index contributed by atoms with van der Waals surface area (Å²) in [6.07, 6.45) is -4.39. The largest absolute Gasteiger partial charge is 0.450 e. The zero-order chi connectivity index (χ0) is 13.6. The summed E-state index contributed by atoms with van der Waals surface area (Å²) in [5.74, 6) is 0. The van der Waals surface area contributed by atoms with Crippen LogP contribution in [0.25, 0.3) is 0 Å². The smallest absolute Gasteiger partial charge is 0.416 e. The molecule has 0 aromatic heterocycles. The molecule has 0 saturated heterocycles. The van der Waals surface area contributed by atoms with Crippen molar-refractivity contribution in [3.8, 4) is 0 Å². The van der Waals surface area contributed by atoms with Crippen molar-refractivity contribution in [3.63, 3.8) is 0 Å². The van der Waals surface area contributed by atoms with Crippen LogP contribution in [0.5, 0.6) is 0 Å². The minimum absolute atomic E-state index is 0.284. The highest BCUT2D eigenvalue weighted by Crippen LogP contribution is 2.29. The van der Waals surface area contributed by atoms with Gasteiger partial charge in [0.05, 0.1) is 12.2 Å². The average Bonchev–Trinajstić information content (AvgIpc) is 2.29. The number of carbonyl (C=O) groups excluding carboxylic acids is 1. The maximum Gasteiger partial charge on any atom is 0.416 e. The van der Waals surface area contributed by atoms with E-state index < -0.39 is 17.8 Å². The molecule has 0 saturated carbocycles. The van der Waals surface area contributed by atoms with Gasteiger partial charge >= 0.3 is 12.3 Å². The third-order valence-corrected chi connectivity index (χ3v) is 2.24. The summed E-state index contributed by atoms with van der Waals surface area (Å²) in [7, 11) is 0. The molecular formula is C12H14F3NO2. The lowest BCUT2D eigenvalue weighted by Gasteiger charge is -2.08. The van der Waals surface area contributed by atoms with E-state index in [-0.39, 0.29) is 6.61 Å². The zero-order valence-electron chi connectivity index (χ0n) is 9.88. The summed E-state index contributed by atoms with van der Waals surface area (Å²) in [5, 5.41) is 2.49. The van der Waals surface area contributed by atoms with Gasteiger partial charge in [0.1, 0.15) is 0 Å². The summed E-state index contributed by atoms with van der Waals surface area (Å²) < 4.78 is 41.5. The number of hydrogen-bond acceptors (Lipinski definition) is 2. The molecule has 3 nitrogen and oxygen atoms in total. The van der Waals surface area contributed by atoms with Gasteiger partial charge in [0, 0.05) is 6.54 Å². The van der Waals surface area contributed by atoms with E-state index in [4.69, 9.17) is 0 Å². The predicted molar refractivity (Wildman–Crippen MR) is 60.2 cm³/mol. The summed E-state index contributed by atoms with van der Waals surface area (Å²) in [5.41, 5.74) is 0.0457. The molecular weight excluding hydrogens is 249 g/mol. The average molecular weight is 263 g/mol. The van der Waals surface area contributed by atoms with Crippen LogP contribution in [0.1, 0.15) is 18.1 Å². The first-order valence-corrected chi connectivity index (χ1v) is 5.50. The van der Waals surface area contributed by atoms with E-state index in [1.165, 1.54) is 12.1 Å². The molecule has 1 rings (SSSR count). The van der Waals surface area contributed by atoms with Crippen molar-refractivity contribution in [1.29, 1.82) is 0 Å². The maximum atomic E-state index is 12.3. The van der Waals surface area contributed by atoms with E-state index in [1.807, 2.05) is 0 Å². The molecule has 6 heteroatoms. The Balaban J connectivity index is 2.42. The standard InChI is InChI=1S/C12H14F3NO2/c1-2-18-11(17)16-8-7-9-3-5-10(6-4-9)12(13,14)15/h3-6H,2,7-8H2,1H3,(H,16,17)/i11+2. The molecule has 0 spiro atoms. The highest BCUT2D eigenvalue weighted by atomic mass is 19.4. The first-order chi connectivity index (χ1) is 8.43. The Bertz CT molecular complexity index is 387. The number of benzene rings is 1. The van der Waals surface area contributed by atoms with Gasteiger partial charge in [-0.15, -0.1) is 0 Å². The summed E-state index contributed by atoms with van der Waals surface area (Å²) in [4.78, 5) is 10.9. The first-order valence-electron chi connectivity index (χ1n) is 5.50. The lowest BCUT2D eigenvalue weighted by Crippen LogP contribution is -2.26. The van der Waals surface area contributed by atoms with Crippen LogP contribution in [0.4, 0.5) is 18.0 Å². The number of ether oxygens (including phenoxy) is 1. The van der Waals surface area contributed by atoms with E-state index in [1.54, 1.807) is 6.92 Å². The number of nitrogens with one attached hydrogen (secondary N) is 1. The van der Waals surface area contributed by atoms with Gasteiger partial charge < -0.3 is 10.1 Å². The fraction of sp³-hybridized carbons (Fsp3) is 0.417. The molecule has 0 unspecified atom stereocenters. The Labute approximate surface area is 103 Å². The van der Waals surface area contributed by atoms with Gasteiger partial charge in [0.15, 0.2) is 0 Å². The monoisotopic (exact) mass is 263 g/mol. The highest BCUT2D eigenvalue weighted by molar-refractivity contribution is 5.67. The Kier molecular flexibility index (Phi) is 5.00. The SMILES string of the molecule is CCO[14C](=O)NCCc1ccc(C(F)(F)F)cc1. The van der Waals surface area contributed by atoms with E-state index in [2.05, 4.69) is 10.1 Å². The second-order valence-electron chi connectivity index (χ2n) is 3.59. The van der Waals surface area contributed by atoms with Gasteiger partial charge in [-0.2, -0.15) is 13.2 Å². The van der Waals surface area contributed by atoms with Crippen molar-refractivity contribution >= 4 is 6.09 Å². The fourth-order valence-corrected chi connectivity index (χ4v) is 1.35. The van der Waals surface area contributed by atoms with Crippen LogP contribution in [0.2, 0.25) is 0 Å². The van der Waals surface area contributed by atoms with E-state index in [0.717, 1.165) is 17.7 Å². The highest BCUT2D eigenvalue weighted by Gasteiger charge is 2.29. The van der Waals surface area contributed by atoms with Crippen molar-refractivity contribution in [2.24, 2.45) is 0 Å². The Morgan fingerprint density at radius 1 is 1.28 bits per heavy atom. The molecule has 0 heterocycles. The van der Waals surface area contributed by atoms with Crippen molar-refractivity contribution < 1.29 is 22.7 Å². The molecule has 1 aromatic rings. The summed E-state index contributed by atoms with van der Waals surface area (Å²) in [6, 6.07) is 4.85. The third-order valence-electron chi connectivity index (χ3n) is 2.24. The molecule has 1 aromatic carbocycles. The Morgan fingerprint density at radius 2 is 1.89 bits per heavy atom. The third kappa shape index (κ3) is 4.65. The minimum atomic E-state index is -4.32. The van der Waals surface area contributed by atoms with Crippen molar-refractivity contribution in [1.82, 2.24) is 5.32 Å². The molecule has 0 aliphatic carbocycles. The zero-order valence-corrected chi connectivity index (χ0v) is 9.88. The van der Waals surface area contributed by atoms with E-state index in [9.17, 15) is 18.0 Å². The van der Waals surface area contributed by atoms with E-state index in [0.29, 0.717) is 13.0 Å². The Morgan fingerprint density at radius 3 is 2.39 bits per heavy atom. The number of alkyl carbamates (subject to hydrolysis) is 1. The fourth-order valence-electron chi connectivity index (χ4n) is 1.35. The molecule has 1 amide bonds. The molecule has 0 bridgehead atoms. The van der Waals surface area contributed by atoms with E-state index >= 15 is 0 Å². The first kappa shape index (κ1) is 14.3. The van der Waals surface area contributed by atoms with Gasteiger partial charge in [-0.3, -0.25) is 0 Å². The van der Waals surface area contributed by atoms with Gasteiger partial charge in [0.25, 0.3) is 0 Å². The number of carbonyl (C=O) groups is 1. The second kappa shape index (κ2) is 6.28. The number of halogens is 3. The molecule has 1 N–H and O–H groups in total. The quantitative estimate of drug-likeness (QED) is 0.906. The van der Waals surface area contributed by atoms with Crippen LogP contribution in [-0.4, -0.2) is 19.2 Å². The second-order valence-corrected chi connectivity index (χ2v) is 3.59. The van der Waals surface area contributed by atoms with Gasteiger partial charge in [-0.25, -0.2) is 4.79 Å². The molecule has 100 valence electrons. The van der Waals surface area contributed by atoms with Crippen LogP contribution in [0.15, 0.2) is 24.3 Å². The maximum absolute atomic E-state index is 12.3. The van der Waals surface area contributed by atoms with Gasteiger partial charge in [-0.05, 0) is 31.0 Å². The molecule has 0 aliphatic heterocycles. The molecule has 0 radical (unpaired) electrons. The lowest BCUT2D eigenvalue weighted by molar-refractivity contribution is -0.137.